The van der Waals surface area contributed by atoms with Gasteiger partial charge in [-0.25, -0.2) is 4.39 Å². The molecule has 1 aliphatic carbocycles. The molecule has 2 aliphatic rings. The second kappa shape index (κ2) is 3.24. The Morgan fingerprint density at radius 2 is 1.83 bits per heavy atom. The van der Waals surface area contributed by atoms with Crippen LogP contribution in [-0.2, 0) is 0 Å². The summed E-state index contributed by atoms with van der Waals surface area (Å²) in [5.74, 6) is 0. The first-order chi connectivity index (χ1) is 5.66. The van der Waals surface area contributed by atoms with Gasteiger partial charge in [-0.2, -0.15) is 0 Å². The van der Waals surface area contributed by atoms with Crippen LogP contribution in [0.25, 0.3) is 0 Å². The highest BCUT2D eigenvalue weighted by Gasteiger charge is 2.40. The lowest BCUT2D eigenvalue weighted by molar-refractivity contribution is 0.222. The molecule has 2 N–H and O–H groups in total. The third-order valence-corrected chi connectivity index (χ3v) is 3.71. The Balaban J connectivity index is 2.01. The van der Waals surface area contributed by atoms with Gasteiger partial charge in [0.2, 0.25) is 0 Å². The number of halogens is 2. The van der Waals surface area contributed by atoms with Gasteiger partial charge in [0.05, 0.1) is 6.17 Å². The lowest BCUT2D eigenvalue weighted by Crippen LogP contribution is -2.45. The summed E-state index contributed by atoms with van der Waals surface area (Å²) in [5.41, 5.74) is 0. The number of alkyl halides is 2. The van der Waals surface area contributed by atoms with Crippen molar-refractivity contribution in [2.24, 2.45) is 0 Å². The van der Waals surface area contributed by atoms with Crippen LogP contribution in [0.15, 0.2) is 0 Å². The first-order valence-corrected chi connectivity index (χ1v) is 5.38. The van der Waals surface area contributed by atoms with Crippen LogP contribution >= 0.6 is 15.9 Å². The van der Waals surface area contributed by atoms with E-state index in [0.29, 0.717) is 24.7 Å². The van der Waals surface area contributed by atoms with Crippen molar-refractivity contribution in [2.75, 3.05) is 0 Å². The average Bonchev–Trinajstić information content (AvgIpc) is 2.30. The van der Waals surface area contributed by atoms with Crippen LogP contribution in [-0.4, -0.2) is 29.2 Å². The second-order valence-electron chi connectivity index (χ2n) is 3.77. The molecular weight excluding hydrogens is 223 g/mol. The SMILES string of the molecule is CC1NC2CC(F)C(Br)CC2N1. The molecule has 2 nitrogen and oxygen atoms in total. The van der Waals surface area contributed by atoms with Gasteiger partial charge in [-0.05, 0) is 19.8 Å². The number of fused-ring (bicyclic) bond motifs is 1. The molecule has 0 radical (unpaired) electrons. The lowest BCUT2D eigenvalue weighted by atomic mass is 9.90. The van der Waals surface area contributed by atoms with Crippen LogP contribution in [0.2, 0.25) is 0 Å². The molecule has 0 aromatic rings. The first kappa shape index (κ1) is 8.91. The van der Waals surface area contributed by atoms with Gasteiger partial charge in [-0.1, -0.05) is 15.9 Å². The van der Waals surface area contributed by atoms with E-state index in [9.17, 15) is 4.39 Å². The molecule has 0 aromatic heterocycles. The first-order valence-electron chi connectivity index (χ1n) is 4.47. The molecule has 0 amide bonds. The van der Waals surface area contributed by atoms with E-state index in [0.717, 1.165) is 6.42 Å². The van der Waals surface area contributed by atoms with E-state index in [4.69, 9.17) is 0 Å². The predicted octanol–water partition coefficient (Wildman–Crippen LogP) is 1.16. The molecule has 70 valence electrons. The average molecular weight is 237 g/mol. The number of hydrogen-bond donors (Lipinski definition) is 2. The molecule has 4 heteroatoms. The van der Waals surface area contributed by atoms with Gasteiger partial charge in [-0.3, -0.25) is 10.6 Å². The third kappa shape index (κ3) is 1.52. The molecule has 5 atom stereocenters. The van der Waals surface area contributed by atoms with Gasteiger partial charge in [0, 0.05) is 16.9 Å². The minimum atomic E-state index is -0.689. The van der Waals surface area contributed by atoms with E-state index in [1.807, 2.05) is 0 Å². The molecule has 1 saturated carbocycles. The quantitative estimate of drug-likeness (QED) is 0.618. The normalized spacial score (nSPS) is 53.8. The standard InChI is InChI=1S/C8H14BrFN2/c1-4-11-7-2-5(9)6(10)3-8(7)12-4/h4-8,11-12H,2-3H2,1H3. The van der Waals surface area contributed by atoms with Gasteiger partial charge in [0.15, 0.2) is 0 Å². The largest absolute Gasteiger partial charge is 0.298 e. The topological polar surface area (TPSA) is 24.1 Å². The Kier molecular flexibility index (Phi) is 2.40. The monoisotopic (exact) mass is 236 g/mol. The Labute approximate surface area is 80.4 Å². The Bertz CT molecular complexity index is 160. The van der Waals surface area contributed by atoms with Crippen LogP contribution < -0.4 is 10.6 Å². The van der Waals surface area contributed by atoms with Crippen LogP contribution in [0.3, 0.4) is 0 Å². The molecular formula is C8H14BrFN2. The molecule has 5 unspecified atom stereocenters. The fourth-order valence-electron chi connectivity index (χ4n) is 2.17. The molecule has 12 heavy (non-hydrogen) atoms. The molecule has 1 aliphatic heterocycles. The van der Waals surface area contributed by atoms with Crippen molar-refractivity contribution in [3.05, 3.63) is 0 Å². The van der Waals surface area contributed by atoms with Gasteiger partial charge >= 0.3 is 0 Å². The zero-order chi connectivity index (χ0) is 8.72. The maximum Gasteiger partial charge on any atom is 0.114 e. The Hall–Kier alpha value is 0.330. The van der Waals surface area contributed by atoms with Crippen molar-refractivity contribution < 1.29 is 4.39 Å². The van der Waals surface area contributed by atoms with Crippen LogP contribution in [0.5, 0.6) is 0 Å². The van der Waals surface area contributed by atoms with E-state index < -0.39 is 6.17 Å². The van der Waals surface area contributed by atoms with Crippen molar-refractivity contribution >= 4 is 15.9 Å². The molecule has 1 heterocycles. The molecule has 2 fully saturated rings. The zero-order valence-electron chi connectivity index (χ0n) is 7.06. The molecule has 2 rings (SSSR count). The Morgan fingerprint density at radius 3 is 2.50 bits per heavy atom. The van der Waals surface area contributed by atoms with Crippen molar-refractivity contribution in [3.63, 3.8) is 0 Å². The second-order valence-corrected chi connectivity index (χ2v) is 4.95. The van der Waals surface area contributed by atoms with E-state index in [1.165, 1.54) is 0 Å². The number of hydrogen-bond acceptors (Lipinski definition) is 2. The van der Waals surface area contributed by atoms with E-state index in [1.54, 1.807) is 0 Å². The van der Waals surface area contributed by atoms with Crippen molar-refractivity contribution in [1.82, 2.24) is 10.6 Å². The van der Waals surface area contributed by atoms with Gasteiger partial charge < -0.3 is 0 Å². The van der Waals surface area contributed by atoms with Crippen molar-refractivity contribution in [1.29, 1.82) is 0 Å². The minimum Gasteiger partial charge on any atom is -0.298 e. The summed E-state index contributed by atoms with van der Waals surface area (Å²) in [4.78, 5) is 0.0401. The van der Waals surface area contributed by atoms with Gasteiger partial charge in [0.25, 0.3) is 0 Å². The van der Waals surface area contributed by atoms with Crippen LogP contribution in [0.1, 0.15) is 19.8 Å². The third-order valence-electron chi connectivity index (χ3n) is 2.76. The summed E-state index contributed by atoms with van der Waals surface area (Å²) in [6.07, 6.45) is 1.18. The minimum absolute atomic E-state index is 0.0401. The highest BCUT2D eigenvalue weighted by Crippen LogP contribution is 2.30. The lowest BCUT2D eigenvalue weighted by Gasteiger charge is -2.30. The molecule has 0 spiro atoms. The van der Waals surface area contributed by atoms with Crippen molar-refractivity contribution in [2.45, 2.75) is 49.0 Å². The summed E-state index contributed by atoms with van der Waals surface area (Å²) in [5, 5.41) is 6.73. The molecule has 0 aromatic carbocycles. The molecule has 0 bridgehead atoms. The highest BCUT2D eigenvalue weighted by atomic mass is 79.9. The number of rotatable bonds is 0. The fraction of sp³-hybridized carbons (Fsp3) is 1.00. The van der Waals surface area contributed by atoms with Crippen LogP contribution in [0.4, 0.5) is 4.39 Å². The molecule has 1 saturated heterocycles. The van der Waals surface area contributed by atoms with E-state index in [-0.39, 0.29) is 4.83 Å². The van der Waals surface area contributed by atoms with E-state index in [2.05, 4.69) is 33.5 Å². The highest BCUT2D eigenvalue weighted by molar-refractivity contribution is 9.09. The summed E-state index contributed by atoms with van der Waals surface area (Å²) < 4.78 is 13.2. The van der Waals surface area contributed by atoms with Gasteiger partial charge in [-0.15, -0.1) is 0 Å². The summed E-state index contributed by atoms with van der Waals surface area (Å²) in [6.45, 7) is 2.08. The zero-order valence-corrected chi connectivity index (χ0v) is 8.64. The summed E-state index contributed by atoms with van der Waals surface area (Å²) >= 11 is 3.37. The number of nitrogens with one attached hydrogen (secondary N) is 2. The maximum absolute atomic E-state index is 13.2. The Morgan fingerprint density at radius 1 is 1.25 bits per heavy atom. The fourth-order valence-corrected chi connectivity index (χ4v) is 2.79. The van der Waals surface area contributed by atoms with Gasteiger partial charge in [0.1, 0.15) is 6.17 Å². The summed E-state index contributed by atoms with van der Waals surface area (Å²) in [6, 6.07) is 0.792. The van der Waals surface area contributed by atoms with Crippen molar-refractivity contribution in [3.8, 4) is 0 Å². The maximum atomic E-state index is 13.2. The smallest absolute Gasteiger partial charge is 0.114 e. The predicted molar refractivity (Wildman–Crippen MR) is 50.2 cm³/mol. The van der Waals surface area contributed by atoms with Crippen LogP contribution in [0, 0.1) is 0 Å². The summed E-state index contributed by atoms with van der Waals surface area (Å²) in [7, 11) is 0. The van der Waals surface area contributed by atoms with E-state index >= 15 is 0 Å².